The molecule has 0 amide bonds. The van der Waals surface area contributed by atoms with E-state index in [0.29, 0.717) is 16.5 Å². The molecule has 2 heterocycles. The summed E-state index contributed by atoms with van der Waals surface area (Å²) in [4.78, 5) is 10.9. The molecule has 0 bridgehead atoms. The van der Waals surface area contributed by atoms with Crippen LogP contribution in [0.15, 0.2) is 59.6 Å². The number of anilines is 1. The average Bonchev–Trinajstić information content (AvgIpc) is 2.74. The zero-order valence-corrected chi connectivity index (χ0v) is 17.4. The van der Waals surface area contributed by atoms with Crippen molar-refractivity contribution in [3.8, 4) is 17.0 Å². The number of methoxy groups -OCH3 is 1. The molecular formula is C20H13ClF2N4O3S. The number of halogens is 3. The van der Waals surface area contributed by atoms with Crippen LogP contribution in [0.3, 0.4) is 0 Å². The average molecular weight is 463 g/mol. The van der Waals surface area contributed by atoms with E-state index in [1.54, 1.807) is 24.3 Å². The number of aromatic nitrogens is 3. The topological polar surface area (TPSA) is 94.1 Å². The Morgan fingerprint density at radius 1 is 1.06 bits per heavy atom. The molecule has 0 unspecified atom stereocenters. The number of ether oxygens (including phenoxy) is 1. The van der Waals surface area contributed by atoms with E-state index in [9.17, 15) is 17.2 Å². The van der Waals surface area contributed by atoms with Crippen LogP contribution < -0.4 is 9.46 Å². The van der Waals surface area contributed by atoms with Gasteiger partial charge in [0.2, 0.25) is 5.88 Å². The van der Waals surface area contributed by atoms with E-state index in [1.165, 1.54) is 31.5 Å². The molecule has 0 aliphatic heterocycles. The van der Waals surface area contributed by atoms with Crippen molar-refractivity contribution in [1.29, 1.82) is 0 Å². The van der Waals surface area contributed by atoms with Crippen LogP contribution in [0, 0.1) is 11.9 Å². The molecule has 0 saturated carbocycles. The summed E-state index contributed by atoms with van der Waals surface area (Å²) in [7, 11) is -2.88. The number of pyridine rings is 1. The summed E-state index contributed by atoms with van der Waals surface area (Å²) in [5.41, 5.74) is 1.12. The molecule has 158 valence electrons. The van der Waals surface area contributed by atoms with Gasteiger partial charge in [-0.3, -0.25) is 4.72 Å². The molecule has 2 aromatic carbocycles. The molecule has 0 aliphatic rings. The fourth-order valence-electron chi connectivity index (χ4n) is 2.93. The second-order valence-corrected chi connectivity index (χ2v) is 8.38. The lowest BCUT2D eigenvalue weighted by Crippen LogP contribution is -2.16. The van der Waals surface area contributed by atoms with Gasteiger partial charge in [0, 0.05) is 17.1 Å². The maximum atomic E-state index is 14.8. The Balaban J connectivity index is 1.76. The third-order valence-corrected chi connectivity index (χ3v) is 6.19. The number of sulfonamides is 1. The van der Waals surface area contributed by atoms with Gasteiger partial charge in [-0.15, -0.1) is 0 Å². The van der Waals surface area contributed by atoms with E-state index in [4.69, 9.17) is 16.3 Å². The molecule has 1 N–H and O–H groups in total. The minimum Gasteiger partial charge on any atom is -0.480 e. The minimum absolute atomic E-state index is 0.0196. The standard InChI is InChI=1S/C20H13ClF2N4O3S/c1-30-19-13(11-6-7-16-12(8-11)10-24-20(23)25-16)9-15(22)18(26-19)27-31(28,29)17-5-3-2-4-14(17)21/h2-10H,1H3,(H,26,27). The van der Waals surface area contributed by atoms with Crippen LogP contribution >= 0.6 is 11.6 Å². The summed E-state index contributed by atoms with van der Waals surface area (Å²) in [5, 5.41) is 0.499. The predicted molar refractivity (Wildman–Crippen MR) is 111 cm³/mol. The minimum atomic E-state index is -4.19. The van der Waals surface area contributed by atoms with Crippen molar-refractivity contribution < 1.29 is 21.9 Å². The first-order valence-corrected chi connectivity index (χ1v) is 10.6. The molecule has 0 atom stereocenters. The molecule has 0 spiro atoms. The van der Waals surface area contributed by atoms with Gasteiger partial charge in [0.1, 0.15) is 4.90 Å². The van der Waals surface area contributed by atoms with Crippen LogP contribution in [0.1, 0.15) is 0 Å². The number of hydrogen-bond donors (Lipinski definition) is 1. The zero-order valence-electron chi connectivity index (χ0n) is 15.8. The lowest BCUT2D eigenvalue weighted by molar-refractivity contribution is 0.398. The van der Waals surface area contributed by atoms with Crippen molar-refractivity contribution in [2.24, 2.45) is 0 Å². The van der Waals surface area contributed by atoms with Crippen LogP contribution in [-0.2, 0) is 10.0 Å². The van der Waals surface area contributed by atoms with Crippen LogP contribution in [0.4, 0.5) is 14.6 Å². The second-order valence-electron chi connectivity index (χ2n) is 6.32. The van der Waals surface area contributed by atoms with E-state index in [0.717, 1.165) is 6.07 Å². The van der Waals surface area contributed by atoms with Crippen molar-refractivity contribution in [3.63, 3.8) is 0 Å². The van der Waals surface area contributed by atoms with E-state index in [-0.39, 0.29) is 21.4 Å². The Bertz CT molecular complexity index is 1420. The van der Waals surface area contributed by atoms with E-state index >= 15 is 0 Å². The van der Waals surface area contributed by atoms with Gasteiger partial charge in [0.25, 0.3) is 10.0 Å². The first-order valence-electron chi connectivity index (χ1n) is 8.73. The molecule has 0 fully saturated rings. The Hall–Kier alpha value is -3.37. The summed E-state index contributed by atoms with van der Waals surface area (Å²) < 4.78 is 60.6. The molecule has 0 aliphatic carbocycles. The molecule has 4 aromatic rings. The smallest absolute Gasteiger partial charge is 0.309 e. The first-order chi connectivity index (χ1) is 14.8. The number of benzene rings is 2. The van der Waals surface area contributed by atoms with Gasteiger partial charge < -0.3 is 4.74 Å². The third kappa shape index (κ3) is 4.12. The summed E-state index contributed by atoms with van der Waals surface area (Å²) in [5.74, 6) is -1.51. The van der Waals surface area contributed by atoms with Gasteiger partial charge in [-0.25, -0.2) is 22.8 Å². The molecule has 0 saturated heterocycles. The van der Waals surface area contributed by atoms with Gasteiger partial charge >= 0.3 is 6.08 Å². The van der Waals surface area contributed by atoms with E-state index in [1.807, 2.05) is 0 Å². The SMILES string of the molecule is COc1nc(NS(=O)(=O)c2ccccc2Cl)c(F)cc1-c1ccc2nc(F)ncc2c1. The Morgan fingerprint density at radius 3 is 2.58 bits per heavy atom. The largest absolute Gasteiger partial charge is 0.480 e. The summed E-state index contributed by atoms with van der Waals surface area (Å²) in [6.45, 7) is 0. The Morgan fingerprint density at radius 2 is 1.84 bits per heavy atom. The highest BCUT2D eigenvalue weighted by Crippen LogP contribution is 2.34. The maximum absolute atomic E-state index is 14.8. The van der Waals surface area contributed by atoms with Crippen molar-refractivity contribution in [3.05, 3.63) is 71.6 Å². The highest BCUT2D eigenvalue weighted by molar-refractivity contribution is 7.92. The van der Waals surface area contributed by atoms with Gasteiger partial charge in [-0.2, -0.15) is 9.37 Å². The Labute approximate surface area is 180 Å². The van der Waals surface area contributed by atoms with Crippen molar-refractivity contribution in [2.45, 2.75) is 4.90 Å². The maximum Gasteiger partial charge on any atom is 0.309 e. The quantitative estimate of drug-likeness (QED) is 0.441. The summed E-state index contributed by atoms with van der Waals surface area (Å²) in [6, 6.07) is 11.6. The Kier molecular flexibility index (Phi) is 5.42. The second kappa shape index (κ2) is 8.05. The van der Waals surface area contributed by atoms with Crippen LogP contribution in [0.2, 0.25) is 5.02 Å². The molecule has 7 nitrogen and oxygen atoms in total. The van der Waals surface area contributed by atoms with Crippen molar-refractivity contribution in [2.75, 3.05) is 11.8 Å². The van der Waals surface area contributed by atoms with E-state index < -0.39 is 27.7 Å². The predicted octanol–water partition coefficient (Wildman–Crippen LogP) is 4.43. The molecule has 31 heavy (non-hydrogen) atoms. The number of fused-ring (bicyclic) bond motifs is 1. The highest BCUT2D eigenvalue weighted by Gasteiger charge is 2.22. The van der Waals surface area contributed by atoms with Gasteiger partial charge in [-0.1, -0.05) is 29.8 Å². The molecule has 4 rings (SSSR count). The number of nitrogens with zero attached hydrogens (tertiary/aromatic N) is 3. The normalized spacial score (nSPS) is 11.5. The first kappa shape index (κ1) is 20.9. The van der Waals surface area contributed by atoms with Crippen LogP contribution in [0.25, 0.3) is 22.0 Å². The summed E-state index contributed by atoms with van der Waals surface area (Å²) in [6.07, 6.45) is 0.435. The van der Waals surface area contributed by atoms with Gasteiger partial charge in [-0.05, 0) is 35.9 Å². The lowest BCUT2D eigenvalue weighted by Gasteiger charge is -2.13. The number of hydrogen-bond acceptors (Lipinski definition) is 6. The van der Waals surface area contributed by atoms with Crippen LogP contribution in [-0.4, -0.2) is 30.5 Å². The third-order valence-electron chi connectivity index (χ3n) is 4.35. The lowest BCUT2D eigenvalue weighted by atomic mass is 10.0. The zero-order chi connectivity index (χ0) is 22.2. The fraction of sp³-hybridized carbons (Fsp3) is 0.0500. The van der Waals surface area contributed by atoms with E-state index in [2.05, 4.69) is 19.7 Å². The number of rotatable bonds is 5. The fourth-order valence-corrected chi connectivity index (χ4v) is 4.46. The monoisotopic (exact) mass is 462 g/mol. The molecule has 2 aromatic heterocycles. The van der Waals surface area contributed by atoms with Crippen molar-refractivity contribution >= 4 is 38.3 Å². The number of nitrogens with one attached hydrogen (secondary N) is 1. The molecule has 11 heteroatoms. The van der Waals surface area contributed by atoms with Gasteiger partial charge in [0.15, 0.2) is 11.6 Å². The highest BCUT2D eigenvalue weighted by atomic mass is 35.5. The van der Waals surface area contributed by atoms with Crippen molar-refractivity contribution in [1.82, 2.24) is 15.0 Å². The molecular weight excluding hydrogens is 450 g/mol. The van der Waals surface area contributed by atoms with Gasteiger partial charge in [0.05, 0.1) is 17.6 Å². The molecule has 0 radical (unpaired) electrons. The summed E-state index contributed by atoms with van der Waals surface area (Å²) >= 11 is 5.94. The van der Waals surface area contributed by atoms with Crippen LogP contribution in [0.5, 0.6) is 5.88 Å².